The Balaban J connectivity index is 1.39. The summed E-state index contributed by atoms with van der Waals surface area (Å²) in [7, 11) is -0.588. The standard InChI is InChI=1S/C22H26N2O7S/c1-28-18-5-3-16(13-20(18)29-2)14-22(25)23-7-9-24(10-8-23)32(26,27)17-4-6-19-21(15-17)31-12-11-30-19/h3-6,13,15H,7-12,14H2,1-2H3. The van der Waals surface area contributed by atoms with E-state index in [9.17, 15) is 13.2 Å². The van der Waals surface area contributed by atoms with Gasteiger partial charge in [-0.25, -0.2) is 8.42 Å². The monoisotopic (exact) mass is 462 g/mol. The van der Waals surface area contributed by atoms with Crippen molar-refractivity contribution >= 4 is 15.9 Å². The van der Waals surface area contributed by atoms with E-state index in [1.165, 1.54) is 16.4 Å². The summed E-state index contributed by atoms with van der Waals surface area (Å²) in [5, 5.41) is 0. The lowest BCUT2D eigenvalue weighted by atomic mass is 10.1. The van der Waals surface area contributed by atoms with E-state index in [1.54, 1.807) is 37.3 Å². The highest BCUT2D eigenvalue weighted by Gasteiger charge is 2.31. The van der Waals surface area contributed by atoms with Gasteiger partial charge in [0, 0.05) is 32.2 Å². The van der Waals surface area contributed by atoms with Gasteiger partial charge in [0.15, 0.2) is 23.0 Å². The van der Waals surface area contributed by atoms with Crippen molar-refractivity contribution in [3.8, 4) is 23.0 Å². The van der Waals surface area contributed by atoms with Crippen LogP contribution >= 0.6 is 0 Å². The molecule has 4 rings (SSSR count). The van der Waals surface area contributed by atoms with Gasteiger partial charge in [0.05, 0.1) is 25.5 Å². The van der Waals surface area contributed by atoms with Crippen molar-refractivity contribution in [2.24, 2.45) is 0 Å². The number of piperazine rings is 1. The third-order valence-corrected chi connectivity index (χ3v) is 7.44. The van der Waals surface area contributed by atoms with Crippen LogP contribution in [0.4, 0.5) is 0 Å². The maximum Gasteiger partial charge on any atom is 0.243 e. The van der Waals surface area contributed by atoms with Crippen molar-refractivity contribution in [1.29, 1.82) is 0 Å². The lowest BCUT2D eigenvalue weighted by Crippen LogP contribution is -2.50. The largest absolute Gasteiger partial charge is 0.493 e. The topological polar surface area (TPSA) is 94.6 Å². The molecule has 172 valence electrons. The molecule has 0 aromatic heterocycles. The summed E-state index contributed by atoms with van der Waals surface area (Å²) in [5.74, 6) is 2.07. The molecule has 0 saturated carbocycles. The van der Waals surface area contributed by atoms with E-state index < -0.39 is 10.0 Å². The highest BCUT2D eigenvalue weighted by Crippen LogP contribution is 2.33. The normalized spacial score (nSPS) is 16.5. The van der Waals surface area contributed by atoms with Crippen LogP contribution in [0.2, 0.25) is 0 Å². The second kappa shape index (κ2) is 9.25. The third kappa shape index (κ3) is 4.46. The lowest BCUT2D eigenvalue weighted by molar-refractivity contribution is -0.131. The Morgan fingerprint density at radius 3 is 2.28 bits per heavy atom. The predicted octanol–water partition coefficient (Wildman–Crippen LogP) is 1.55. The minimum atomic E-state index is -3.69. The number of ether oxygens (including phenoxy) is 4. The summed E-state index contributed by atoms with van der Waals surface area (Å²) in [6.07, 6.45) is 0.204. The molecule has 0 unspecified atom stereocenters. The number of fused-ring (bicyclic) bond motifs is 1. The molecule has 2 aromatic carbocycles. The van der Waals surface area contributed by atoms with Crippen LogP contribution in [-0.2, 0) is 21.2 Å². The number of sulfonamides is 1. The van der Waals surface area contributed by atoms with Gasteiger partial charge in [-0.1, -0.05) is 6.07 Å². The van der Waals surface area contributed by atoms with Crippen LogP contribution < -0.4 is 18.9 Å². The summed E-state index contributed by atoms with van der Waals surface area (Å²) in [4.78, 5) is 14.6. The Hall–Kier alpha value is -2.98. The third-order valence-electron chi connectivity index (χ3n) is 5.55. The fourth-order valence-corrected chi connectivity index (χ4v) is 5.23. The van der Waals surface area contributed by atoms with Crippen molar-refractivity contribution in [2.75, 3.05) is 53.6 Å². The summed E-state index contributed by atoms with van der Waals surface area (Å²) in [6.45, 7) is 1.95. The Labute approximate surface area is 187 Å². The van der Waals surface area contributed by atoms with Gasteiger partial charge in [-0.05, 0) is 29.8 Å². The van der Waals surface area contributed by atoms with Crippen molar-refractivity contribution in [3.63, 3.8) is 0 Å². The van der Waals surface area contributed by atoms with Gasteiger partial charge in [-0.15, -0.1) is 0 Å². The maximum atomic E-state index is 13.1. The quantitative estimate of drug-likeness (QED) is 0.643. The van der Waals surface area contributed by atoms with Crippen LogP contribution in [-0.4, -0.2) is 77.1 Å². The molecule has 10 heteroatoms. The molecule has 2 heterocycles. The molecule has 1 saturated heterocycles. The highest BCUT2D eigenvalue weighted by molar-refractivity contribution is 7.89. The SMILES string of the molecule is COc1ccc(CC(=O)N2CCN(S(=O)(=O)c3ccc4c(c3)OCCO4)CC2)cc1OC. The molecule has 0 radical (unpaired) electrons. The predicted molar refractivity (Wildman–Crippen MR) is 116 cm³/mol. The first-order valence-electron chi connectivity index (χ1n) is 10.3. The van der Waals surface area contributed by atoms with Gasteiger partial charge in [0.2, 0.25) is 15.9 Å². The summed E-state index contributed by atoms with van der Waals surface area (Å²) in [6, 6.07) is 10.0. The van der Waals surface area contributed by atoms with Gasteiger partial charge in [-0.3, -0.25) is 4.79 Å². The molecule has 1 amide bonds. The van der Waals surface area contributed by atoms with Gasteiger partial charge >= 0.3 is 0 Å². The van der Waals surface area contributed by atoms with Crippen molar-refractivity contribution in [2.45, 2.75) is 11.3 Å². The maximum absolute atomic E-state index is 13.1. The van der Waals surface area contributed by atoms with Crippen LogP contribution in [0.15, 0.2) is 41.3 Å². The zero-order valence-corrected chi connectivity index (χ0v) is 18.9. The molecule has 0 bridgehead atoms. The lowest BCUT2D eigenvalue weighted by Gasteiger charge is -2.34. The second-order valence-corrected chi connectivity index (χ2v) is 9.39. The first kappa shape index (κ1) is 22.2. The summed E-state index contributed by atoms with van der Waals surface area (Å²) in [5.41, 5.74) is 0.805. The minimum Gasteiger partial charge on any atom is -0.493 e. The highest BCUT2D eigenvalue weighted by atomic mass is 32.2. The smallest absolute Gasteiger partial charge is 0.243 e. The van der Waals surface area contributed by atoms with Crippen molar-refractivity contribution < 1.29 is 32.2 Å². The van der Waals surface area contributed by atoms with E-state index in [2.05, 4.69) is 0 Å². The molecule has 0 aliphatic carbocycles. The summed E-state index contributed by atoms with van der Waals surface area (Å²) >= 11 is 0. The first-order chi connectivity index (χ1) is 15.4. The Morgan fingerprint density at radius 1 is 0.906 bits per heavy atom. The van der Waals surface area contributed by atoms with E-state index in [1.807, 2.05) is 6.07 Å². The van der Waals surface area contributed by atoms with E-state index in [0.29, 0.717) is 49.3 Å². The Bertz CT molecular complexity index is 1100. The molecule has 2 aliphatic heterocycles. The molecule has 0 atom stereocenters. The van der Waals surface area contributed by atoms with Gasteiger partial charge < -0.3 is 23.8 Å². The number of rotatable bonds is 6. The number of amides is 1. The molecular formula is C22H26N2O7S. The molecule has 9 nitrogen and oxygen atoms in total. The number of hydrogen-bond acceptors (Lipinski definition) is 7. The average Bonchev–Trinajstić information content (AvgIpc) is 2.83. The van der Waals surface area contributed by atoms with E-state index in [0.717, 1.165) is 5.56 Å². The number of carbonyl (C=O) groups is 1. The second-order valence-electron chi connectivity index (χ2n) is 7.46. The van der Waals surface area contributed by atoms with E-state index >= 15 is 0 Å². The van der Waals surface area contributed by atoms with E-state index in [-0.39, 0.29) is 30.3 Å². The van der Waals surface area contributed by atoms with Crippen molar-refractivity contribution in [3.05, 3.63) is 42.0 Å². The zero-order chi connectivity index (χ0) is 22.7. The molecule has 0 spiro atoms. The molecule has 32 heavy (non-hydrogen) atoms. The number of nitrogens with zero attached hydrogens (tertiary/aromatic N) is 2. The van der Waals surface area contributed by atoms with Crippen LogP contribution in [0.25, 0.3) is 0 Å². The first-order valence-corrected chi connectivity index (χ1v) is 11.7. The van der Waals surface area contributed by atoms with Crippen LogP contribution in [0, 0.1) is 0 Å². The Morgan fingerprint density at radius 2 is 1.59 bits per heavy atom. The number of benzene rings is 2. The molecular weight excluding hydrogens is 436 g/mol. The van der Waals surface area contributed by atoms with E-state index in [4.69, 9.17) is 18.9 Å². The van der Waals surface area contributed by atoms with Crippen LogP contribution in [0.1, 0.15) is 5.56 Å². The minimum absolute atomic E-state index is 0.0615. The average molecular weight is 463 g/mol. The fourth-order valence-electron chi connectivity index (χ4n) is 3.79. The van der Waals surface area contributed by atoms with Gasteiger partial charge in [-0.2, -0.15) is 4.31 Å². The van der Waals surface area contributed by atoms with Crippen LogP contribution in [0.3, 0.4) is 0 Å². The fraction of sp³-hybridized carbons (Fsp3) is 0.409. The van der Waals surface area contributed by atoms with Crippen LogP contribution in [0.5, 0.6) is 23.0 Å². The number of carbonyl (C=O) groups excluding carboxylic acids is 1. The number of methoxy groups -OCH3 is 2. The number of hydrogen-bond donors (Lipinski definition) is 0. The van der Waals surface area contributed by atoms with Gasteiger partial charge in [0.1, 0.15) is 13.2 Å². The van der Waals surface area contributed by atoms with Gasteiger partial charge in [0.25, 0.3) is 0 Å². The summed E-state index contributed by atoms with van der Waals surface area (Å²) < 4.78 is 49.0. The van der Waals surface area contributed by atoms with Crippen molar-refractivity contribution in [1.82, 2.24) is 9.21 Å². The molecule has 1 fully saturated rings. The molecule has 2 aliphatic rings. The zero-order valence-electron chi connectivity index (χ0n) is 18.1. The molecule has 0 N–H and O–H groups in total. The molecule has 2 aromatic rings. The Kier molecular flexibility index (Phi) is 6.43.